The lowest BCUT2D eigenvalue weighted by Crippen LogP contribution is -2.93. The molecule has 0 radical (unpaired) electrons. The molecule has 2 aliphatic rings. The molecule has 1 heterocycles. The van der Waals surface area contributed by atoms with Gasteiger partial charge in [0.2, 0.25) is 5.91 Å². The van der Waals surface area contributed by atoms with Crippen molar-refractivity contribution in [2.75, 3.05) is 0 Å². The second kappa shape index (κ2) is 8.67. The molecule has 5 heteroatoms. The highest BCUT2D eigenvalue weighted by Gasteiger charge is 2.32. The van der Waals surface area contributed by atoms with Crippen LogP contribution in [0.5, 0.6) is 0 Å². The van der Waals surface area contributed by atoms with Crippen molar-refractivity contribution in [3.63, 3.8) is 0 Å². The van der Waals surface area contributed by atoms with Crippen LogP contribution in [0.1, 0.15) is 57.1 Å². The Morgan fingerprint density at radius 1 is 1.08 bits per heavy atom. The maximum Gasteiger partial charge on any atom is 0.279 e. The Kier molecular flexibility index (Phi) is 6.30. The number of rotatable bonds is 5. The topological polar surface area (TPSA) is 74.8 Å². The van der Waals surface area contributed by atoms with Gasteiger partial charge in [-0.1, -0.05) is 57.4 Å². The zero-order valence-corrected chi connectivity index (χ0v) is 16.0. The minimum Gasteiger partial charge on any atom is -0.352 e. The van der Waals surface area contributed by atoms with Gasteiger partial charge in [0.15, 0.2) is 6.04 Å². The number of hydrogen-bond donors (Lipinski definition) is 3. The van der Waals surface area contributed by atoms with Crippen LogP contribution >= 0.6 is 0 Å². The summed E-state index contributed by atoms with van der Waals surface area (Å²) in [5.74, 6) is 0.00636. The molecule has 0 saturated heterocycles. The molecule has 2 atom stereocenters. The third-order valence-corrected chi connectivity index (χ3v) is 5.72. The van der Waals surface area contributed by atoms with Gasteiger partial charge in [0.05, 0.1) is 0 Å². The lowest BCUT2D eigenvalue weighted by molar-refractivity contribution is -0.695. The van der Waals surface area contributed by atoms with E-state index < -0.39 is 6.04 Å². The molecule has 1 aliphatic heterocycles. The fraction of sp³-hybridized carbons (Fsp3) is 0.619. The van der Waals surface area contributed by atoms with E-state index in [1.165, 1.54) is 30.4 Å². The van der Waals surface area contributed by atoms with E-state index in [-0.39, 0.29) is 29.8 Å². The Balaban J connectivity index is 1.59. The van der Waals surface area contributed by atoms with E-state index in [1.54, 1.807) is 0 Å². The van der Waals surface area contributed by atoms with E-state index >= 15 is 0 Å². The zero-order valence-electron chi connectivity index (χ0n) is 16.0. The van der Waals surface area contributed by atoms with E-state index in [4.69, 9.17) is 0 Å². The van der Waals surface area contributed by atoms with E-state index in [0.717, 1.165) is 25.8 Å². The highest BCUT2D eigenvalue weighted by molar-refractivity contribution is 5.89. The molecule has 1 fully saturated rings. The summed E-state index contributed by atoms with van der Waals surface area (Å²) in [5.41, 5.74) is 2.54. The molecule has 26 heavy (non-hydrogen) atoms. The average molecular weight is 359 g/mol. The van der Waals surface area contributed by atoms with Crippen LogP contribution in [0, 0.1) is 5.92 Å². The van der Waals surface area contributed by atoms with Gasteiger partial charge >= 0.3 is 0 Å². The quantitative estimate of drug-likeness (QED) is 0.741. The van der Waals surface area contributed by atoms with Gasteiger partial charge in [0.25, 0.3) is 5.91 Å². The van der Waals surface area contributed by atoms with Crippen LogP contribution in [-0.2, 0) is 22.6 Å². The van der Waals surface area contributed by atoms with Crippen LogP contribution in [0.25, 0.3) is 0 Å². The minimum absolute atomic E-state index is 0.0306. The molecule has 2 amide bonds. The summed E-state index contributed by atoms with van der Waals surface area (Å²) >= 11 is 0. The molecule has 3 rings (SSSR count). The Labute approximate surface area is 156 Å². The number of carbonyl (C=O) groups excluding carboxylic acids is 2. The van der Waals surface area contributed by atoms with Crippen molar-refractivity contribution in [1.29, 1.82) is 0 Å². The van der Waals surface area contributed by atoms with Crippen molar-refractivity contribution in [1.82, 2.24) is 10.6 Å². The normalized spacial score (nSPS) is 21.7. The van der Waals surface area contributed by atoms with Crippen molar-refractivity contribution in [2.45, 2.75) is 77.0 Å². The van der Waals surface area contributed by atoms with E-state index in [1.807, 2.05) is 26.0 Å². The van der Waals surface area contributed by atoms with Gasteiger partial charge < -0.3 is 16.0 Å². The molecule has 1 aromatic rings. The number of quaternary nitrogens is 1. The molecule has 1 aliphatic carbocycles. The Morgan fingerprint density at radius 2 is 1.77 bits per heavy atom. The summed E-state index contributed by atoms with van der Waals surface area (Å²) in [5, 5.41) is 8.26. The van der Waals surface area contributed by atoms with Crippen molar-refractivity contribution >= 4 is 11.8 Å². The first-order valence-corrected chi connectivity index (χ1v) is 10.1. The highest BCUT2D eigenvalue weighted by atomic mass is 16.2. The summed E-state index contributed by atoms with van der Waals surface area (Å²) in [7, 11) is 0. The molecule has 0 bridgehead atoms. The largest absolute Gasteiger partial charge is 0.352 e. The lowest BCUT2D eigenvalue weighted by Gasteiger charge is -2.29. The standard InChI is InChI=1S/C21H31N3O2/c1-14(2)19(21(26)23-17-10-4-3-5-11-17)24-20(25)18-12-15-8-6-7-9-16(15)13-22-18/h6-9,14,17-19,22H,3-5,10-13H2,1-2H3,(H,23,26)(H,24,25)/p+1/t18-,19-/m0/s1. The molecule has 5 nitrogen and oxygen atoms in total. The third kappa shape index (κ3) is 4.64. The summed E-state index contributed by atoms with van der Waals surface area (Å²) in [6.07, 6.45) is 6.45. The summed E-state index contributed by atoms with van der Waals surface area (Å²) in [6.45, 7) is 4.80. The Hall–Kier alpha value is -1.88. The third-order valence-electron chi connectivity index (χ3n) is 5.72. The molecule has 4 N–H and O–H groups in total. The summed E-state index contributed by atoms with van der Waals surface area (Å²) in [6, 6.07) is 7.92. The smallest absolute Gasteiger partial charge is 0.279 e. The van der Waals surface area contributed by atoms with Crippen molar-refractivity contribution in [2.24, 2.45) is 5.92 Å². The van der Waals surface area contributed by atoms with Crippen LogP contribution in [0.2, 0.25) is 0 Å². The minimum atomic E-state index is -0.463. The summed E-state index contributed by atoms with van der Waals surface area (Å²) in [4.78, 5) is 25.5. The Bertz CT molecular complexity index is 638. The number of fused-ring (bicyclic) bond motifs is 1. The van der Waals surface area contributed by atoms with Gasteiger partial charge in [-0.3, -0.25) is 9.59 Å². The lowest BCUT2D eigenvalue weighted by atomic mass is 9.93. The van der Waals surface area contributed by atoms with Gasteiger partial charge in [0.1, 0.15) is 12.6 Å². The van der Waals surface area contributed by atoms with E-state index in [9.17, 15) is 9.59 Å². The van der Waals surface area contributed by atoms with Gasteiger partial charge in [0, 0.05) is 18.0 Å². The van der Waals surface area contributed by atoms with Crippen molar-refractivity contribution in [3.05, 3.63) is 35.4 Å². The van der Waals surface area contributed by atoms with E-state index in [0.29, 0.717) is 0 Å². The van der Waals surface area contributed by atoms with Gasteiger partial charge in [-0.15, -0.1) is 0 Å². The molecular weight excluding hydrogens is 326 g/mol. The molecule has 0 unspecified atom stereocenters. The van der Waals surface area contributed by atoms with Crippen LogP contribution < -0.4 is 16.0 Å². The second-order valence-electron chi connectivity index (χ2n) is 8.09. The average Bonchev–Trinajstić information content (AvgIpc) is 2.66. The number of benzene rings is 1. The number of amides is 2. The van der Waals surface area contributed by atoms with E-state index in [2.05, 4.69) is 28.1 Å². The van der Waals surface area contributed by atoms with Gasteiger partial charge in [-0.25, -0.2) is 0 Å². The molecular formula is C21H32N3O2+. The maximum absolute atomic E-state index is 12.8. The van der Waals surface area contributed by atoms with Crippen LogP contribution in [0.3, 0.4) is 0 Å². The summed E-state index contributed by atoms with van der Waals surface area (Å²) < 4.78 is 0. The SMILES string of the molecule is CC(C)[C@H](NC(=O)[C@@H]1Cc2ccccc2C[NH2+]1)C(=O)NC1CCCCC1. The maximum atomic E-state index is 12.8. The fourth-order valence-corrected chi connectivity index (χ4v) is 4.08. The van der Waals surface area contributed by atoms with Crippen molar-refractivity contribution < 1.29 is 14.9 Å². The first-order chi connectivity index (χ1) is 12.5. The number of carbonyl (C=O) groups is 2. The predicted octanol–water partition coefficient (Wildman–Crippen LogP) is 1.26. The molecule has 1 saturated carbocycles. The molecule has 1 aromatic carbocycles. The molecule has 0 aromatic heterocycles. The first-order valence-electron chi connectivity index (χ1n) is 10.1. The highest BCUT2D eigenvalue weighted by Crippen LogP contribution is 2.18. The second-order valence-corrected chi connectivity index (χ2v) is 8.09. The first kappa shape index (κ1) is 18.9. The number of hydrogen-bond acceptors (Lipinski definition) is 2. The molecule has 0 spiro atoms. The van der Waals surface area contributed by atoms with Gasteiger partial charge in [-0.2, -0.15) is 0 Å². The van der Waals surface area contributed by atoms with Crippen LogP contribution in [0.15, 0.2) is 24.3 Å². The fourth-order valence-electron chi connectivity index (χ4n) is 4.08. The van der Waals surface area contributed by atoms with Crippen LogP contribution in [0.4, 0.5) is 0 Å². The zero-order chi connectivity index (χ0) is 18.5. The van der Waals surface area contributed by atoms with Gasteiger partial charge in [-0.05, 0) is 24.3 Å². The number of nitrogens with one attached hydrogen (secondary N) is 2. The molecule has 142 valence electrons. The predicted molar refractivity (Wildman–Crippen MR) is 101 cm³/mol. The Morgan fingerprint density at radius 3 is 2.46 bits per heavy atom. The monoisotopic (exact) mass is 358 g/mol. The van der Waals surface area contributed by atoms with Crippen molar-refractivity contribution in [3.8, 4) is 0 Å². The van der Waals surface area contributed by atoms with Crippen LogP contribution in [-0.4, -0.2) is 29.9 Å². The number of nitrogens with two attached hydrogens (primary N) is 1.